The molecule has 1 aliphatic heterocycles. The van der Waals surface area contributed by atoms with Crippen molar-refractivity contribution in [1.29, 1.82) is 0 Å². The number of aromatic nitrogens is 1. The molecule has 0 aliphatic carbocycles. The lowest BCUT2D eigenvalue weighted by Crippen LogP contribution is -3.11. The molecular formula is C21H24N3O3S+. The van der Waals surface area contributed by atoms with Gasteiger partial charge >= 0.3 is 0 Å². The molecule has 1 saturated heterocycles. The van der Waals surface area contributed by atoms with Crippen molar-refractivity contribution in [3.63, 3.8) is 0 Å². The Morgan fingerprint density at radius 1 is 1.25 bits per heavy atom. The molecule has 0 spiro atoms. The molecule has 1 fully saturated rings. The van der Waals surface area contributed by atoms with Crippen molar-refractivity contribution >= 4 is 33.1 Å². The number of anilines is 1. The molecule has 1 amide bonds. The largest absolute Gasteiger partial charge is 0.497 e. The van der Waals surface area contributed by atoms with Crippen molar-refractivity contribution in [3.8, 4) is 11.5 Å². The minimum atomic E-state index is -0.0218. The normalized spacial score (nSPS) is 18.9. The van der Waals surface area contributed by atoms with E-state index < -0.39 is 0 Å². The van der Waals surface area contributed by atoms with Crippen LogP contribution in [0, 0.1) is 0 Å². The molecule has 3 aromatic rings. The molecule has 0 bridgehead atoms. The molecular weight excluding hydrogens is 374 g/mol. The number of ether oxygens (including phenoxy) is 2. The number of amides is 1. The number of rotatable bonds is 6. The van der Waals surface area contributed by atoms with Crippen molar-refractivity contribution in [2.75, 3.05) is 32.6 Å². The van der Waals surface area contributed by atoms with Gasteiger partial charge < -0.3 is 19.7 Å². The van der Waals surface area contributed by atoms with E-state index in [1.54, 1.807) is 37.7 Å². The molecule has 1 aromatic heterocycles. The first-order valence-corrected chi connectivity index (χ1v) is 10.2. The van der Waals surface area contributed by atoms with Gasteiger partial charge in [0.05, 0.1) is 36.7 Å². The quantitative estimate of drug-likeness (QED) is 0.670. The van der Waals surface area contributed by atoms with Gasteiger partial charge in [0.1, 0.15) is 17.5 Å². The van der Waals surface area contributed by atoms with Gasteiger partial charge in [0.2, 0.25) is 0 Å². The second-order valence-corrected chi connectivity index (χ2v) is 7.98. The van der Waals surface area contributed by atoms with E-state index >= 15 is 0 Å². The van der Waals surface area contributed by atoms with Gasteiger partial charge in [0.25, 0.3) is 5.91 Å². The van der Waals surface area contributed by atoms with Crippen molar-refractivity contribution in [2.45, 2.75) is 18.9 Å². The number of likely N-dealkylation sites (tertiary alicyclic amines) is 1. The lowest BCUT2D eigenvalue weighted by Gasteiger charge is -2.19. The third kappa shape index (κ3) is 3.81. The molecule has 1 aliphatic rings. The van der Waals surface area contributed by atoms with Crippen molar-refractivity contribution in [1.82, 2.24) is 4.98 Å². The highest BCUT2D eigenvalue weighted by molar-refractivity contribution is 7.18. The summed E-state index contributed by atoms with van der Waals surface area (Å²) in [6.07, 6.45) is 2.17. The SMILES string of the molecule is COc1ccc(NC(=O)C[NH+]2CCC[C@H]2c2nc3ccccc3s2)c(OC)c1. The van der Waals surface area contributed by atoms with E-state index in [9.17, 15) is 4.79 Å². The molecule has 0 saturated carbocycles. The van der Waals surface area contributed by atoms with E-state index in [-0.39, 0.29) is 11.9 Å². The van der Waals surface area contributed by atoms with Crippen LogP contribution in [-0.4, -0.2) is 38.2 Å². The molecule has 4 rings (SSSR count). The second kappa shape index (κ2) is 8.16. The van der Waals surface area contributed by atoms with Gasteiger partial charge in [-0.05, 0) is 24.3 Å². The molecule has 6 nitrogen and oxygen atoms in total. The molecule has 2 atom stereocenters. The summed E-state index contributed by atoms with van der Waals surface area (Å²) in [7, 11) is 3.19. The molecule has 1 unspecified atom stereocenters. The number of carbonyl (C=O) groups is 1. The summed E-state index contributed by atoms with van der Waals surface area (Å²) in [4.78, 5) is 18.8. The van der Waals surface area contributed by atoms with Crippen molar-refractivity contribution in [2.24, 2.45) is 0 Å². The van der Waals surface area contributed by atoms with Gasteiger partial charge in [-0.25, -0.2) is 4.98 Å². The van der Waals surface area contributed by atoms with Crippen molar-refractivity contribution in [3.05, 3.63) is 47.5 Å². The topological polar surface area (TPSA) is 64.9 Å². The average molecular weight is 399 g/mol. The summed E-state index contributed by atoms with van der Waals surface area (Å²) < 4.78 is 11.8. The zero-order valence-corrected chi connectivity index (χ0v) is 16.8. The highest BCUT2D eigenvalue weighted by Gasteiger charge is 2.34. The number of quaternary nitrogens is 1. The maximum Gasteiger partial charge on any atom is 0.279 e. The number of nitrogens with one attached hydrogen (secondary N) is 2. The third-order valence-electron chi connectivity index (χ3n) is 5.16. The van der Waals surface area contributed by atoms with E-state index in [0.717, 1.165) is 29.9 Å². The zero-order chi connectivity index (χ0) is 19.5. The fraction of sp³-hybridized carbons (Fsp3) is 0.333. The lowest BCUT2D eigenvalue weighted by molar-refractivity contribution is -0.910. The van der Waals surface area contributed by atoms with Crippen LogP contribution in [0.25, 0.3) is 10.2 Å². The van der Waals surface area contributed by atoms with E-state index in [1.165, 1.54) is 9.60 Å². The predicted octanol–water partition coefficient (Wildman–Crippen LogP) is 2.67. The van der Waals surface area contributed by atoms with Gasteiger partial charge in [0, 0.05) is 18.9 Å². The van der Waals surface area contributed by atoms with Gasteiger partial charge in [-0.2, -0.15) is 0 Å². The van der Waals surface area contributed by atoms with Gasteiger partial charge in [-0.3, -0.25) is 4.79 Å². The monoisotopic (exact) mass is 398 g/mol. The average Bonchev–Trinajstić information content (AvgIpc) is 3.34. The molecule has 146 valence electrons. The number of para-hydroxylation sites is 1. The van der Waals surface area contributed by atoms with Gasteiger partial charge in [0.15, 0.2) is 11.6 Å². The molecule has 28 heavy (non-hydrogen) atoms. The van der Waals surface area contributed by atoms with Crippen LogP contribution in [0.1, 0.15) is 23.9 Å². The second-order valence-electron chi connectivity index (χ2n) is 6.91. The minimum absolute atomic E-state index is 0.0218. The zero-order valence-electron chi connectivity index (χ0n) is 16.0. The first-order chi connectivity index (χ1) is 13.7. The Bertz CT molecular complexity index is 955. The van der Waals surface area contributed by atoms with E-state index in [2.05, 4.69) is 11.4 Å². The summed E-state index contributed by atoms with van der Waals surface area (Å²) in [5.41, 5.74) is 1.70. The maximum absolute atomic E-state index is 12.7. The smallest absolute Gasteiger partial charge is 0.279 e. The molecule has 0 radical (unpaired) electrons. The number of carbonyl (C=O) groups excluding carboxylic acids is 1. The lowest BCUT2D eigenvalue weighted by atomic mass is 10.2. The van der Waals surface area contributed by atoms with Crippen LogP contribution < -0.4 is 19.7 Å². The van der Waals surface area contributed by atoms with E-state index in [1.807, 2.05) is 24.3 Å². The molecule has 2 N–H and O–H groups in total. The highest BCUT2D eigenvalue weighted by Crippen LogP contribution is 2.30. The Morgan fingerprint density at radius 3 is 2.89 bits per heavy atom. The first kappa shape index (κ1) is 18.7. The number of fused-ring (bicyclic) bond motifs is 1. The Balaban J connectivity index is 1.46. The number of nitrogens with zero attached hydrogens (tertiary/aromatic N) is 1. The summed E-state index contributed by atoms with van der Waals surface area (Å²) >= 11 is 1.74. The van der Waals surface area contributed by atoms with E-state index in [4.69, 9.17) is 14.5 Å². The van der Waals surface area contributed by atoms with Crippen molar-refractivity contribution < 1.29 is 19.2 Å². The van der Waals surface area contributed by atoms with Crippen LogP contribution in [-0.2, 0) is 4.79 Å². The summed E-state index contributed by atoms with van der Waals surface area (Å²) in [6.45, 7) is 1.39. The Hall–Kier alpha value is -2.64. The van der Waals surface area contributed by atoms with Crippen LogP contribution in [0.5, 0.6) is 11.5 Å². The Morgan fingerprint density at radius 2 is 2.11 bits per heavy atom. The Kier molecular flexibility index (Phi) is 5.45. The molecule has 7 heteroatoms. The summed E-state index contributed by atoms with van der Waals surface area (Å²) in [5, 5.41) is 4.11. The molecule has 2 aromatic carbocycles. The van der Waals surface area contributed by atoms with Crippen LogP contribution in [0.2, 0.25) is 0 Å². The fourth-order valence-corrected chi connectivity index (χ4v) is 4.92. The van der Waals surface area contributed by atoms with Gasteiger partial charge in [-0.1, -0.05) is 12.1 Å². The number of thiazole rings is 1. The van der Waals surface area contributed by atoms with E-state index in [0.29, 0.717) is 23.7 Å². The number of benzene rings is 2. The van der Waals surface area contributed by atoms with Gasteiger partial charge in [-0.15, -0.1) is 11.3 Å². The predicted molar refractivity (Wildman–Crippen MR) is 110 cm³/mol. The van der Waals surface area contributed by atoms with Crippen LogP contribution in [0.15, 0.2) is 42.5 Å². The first-order valence-electron chi connectivity index (χ1n) is 9.40. The third-order valence-corrected chi connectivity index (χ3v) is 6.31. The maximum atomic E-state index is 12.7. The molecule has 2 heterocycles. The minimum Gasteiger partial charge on any atom is -0.497 e. The Labute approximate surface area is 168 Å². The fourth-order valence-electron chi connectivity index (χ4n) is 3.76. The number of methoxy groups -OCH3 is 2. The number of hydrogen-bond acceptors (Lipinski definition) is 5. The highest BCUT2D eigenvalue weighted by atomic mass is 32.1. The van der Waals surface area contributed by atoms with Crippen LogP contribution >= 0.6 is 11.3 Å². The summed E-state index contributed by atoms with van der Waals surface area (Å²) in [6, 6.07) is 13.9. The standard InChI is InChI=1S/C21H23N3O3S/c1-26-14-9-10-15(18(12-14)27-2)22-20(25)13-24-11-5-7-17(24)21-23-16-6-3-4-8-19(16)28-21/h3-4,6,8-10,12,17H,5,7,11,13H2,1-2H3,(H,22,25)/p+1/t17-/m0/s1. The summed E-state index contributed by atoms with van der Waals surface area (Å²) in [5.74, 6) is 1.26. The van der Waals surface area contributed by atoms with Crippen LogP contribution in [0.3, 0.4) is 0 Å². The van der Waals surface area contributed by atoms with Crippen LogP contribution in [0.4, 0.5) is 5.69 Å². The number of hydrogen-bond donors (Lipinski definition) is 2.